The van der Waals surface area contributed by atoms with Gasteiger partial charge in [0, 0.05) is 17.6 Å². The Kier molecular flexibility index (Phi) is 3.77. The Labute approximate surface area is 114 Å². The molecule has 0 spiro atoms. The summed E-state index contributed by atoms with van der Waals surface area (Å²) in [7, 11) is -3.57. The van der Waals surface area contributed by atoms with E-state index in [1.807, 2.05) is 6.92 Å². The molecule has 0 bridgehead atoms. The van der Waals surface area contributed by atoms with E-state index >= 15 is 0 Å². The van der Waals surface area contributed by atoms with Crippen LogP contribution in [-0.2, 0) is 16.6 Å². The fraction of sp³-hybridized carbons (Fsp3) is 0.692. The van der Waals surface area contributed by atoms with Crippen LogP contribution < -0.4 is 10.5 Å². The van der Waals surface area contributed by atoms with Crippen molar-refractivity contribution in [2.75, 3.05) is 0 Å². The summed E-state index contributed by atoms with van der Waals surface area (Å²) >= 11 is 0. The van der Waals surface area contributed by atoms with Gasteiger partial charge in [-0.15, -0.1) is 0 Å². The maximum absolute atomic E-state index is 12.6. The summed E-state index contributed by atoms with van der Waals surface area (Å²) in [5, 5.41) is 0. The highest BCUT2D eigenvalue weighted by atomic mass is 32.2. The topological polar surface area (TPSA) is 85.3 Å². The minimum atomic E-state index is -3.57. The molecule has 0 atom stereocenters. The average Bonchev–Trinajstić information content (AvgIpc) is 2.58. The number of nitrogens with two attached hydrogens (primary N) is 1. The second kappa shape index (κ2) is 4.92. The Balaban J connectivity index is 2.40. The zero-order chi connectivity index (χ0) is 14.3. The van der Waals surface area contributed by atoms with Crippen molar-refractivity contribution in [1.82, 2.24) is 4.72 Å². The van der Waals surface area contributed by atoms with Crippen molar-refractivity contribution < 1.29 is 12.8 Å². The van der Waals surface area contributed by atoms with Crippen LogP contribution in [0.25, 0.3) is 0 Å². The Hall–Kier alpha value is -0.850. The Bertz CT molecular complexity index is 565. The summed E-state index contributed by atoms with van der Waals surface area (Å²) in [6, 6.07) is 0. The van der Waals surface area contributed by atoms with Gasteiger partial charge in [0.1, 0.15) is 16.4 Å². The van der Waals surface area contributed by atoms with Gasteiger partial charge in [-0.1, -0.05) is 6.92 Å². The summed E-state index contributed by atoms with van der Waals surface area (Å²) in [4.78, 5) is 0.229. The van der Waals surface area contributed by atoms with E-state index in [1.54, 1.807) is 13.8 Å². The molecular weight excluding hydrogens is 264 g/mol. The molecule has 1 aliphatic carbocycles. The predicted molar refractivity (Wildman–Crippen MR) is 73.3 cm³/mol. The van der Waals surface area contributed by atoms with Crippen LogP contribution in [0.2, 0.25) is 0 Å². The van der Waals surface area contributed by atoms with Crippen molar-refractivity contribution in [3.63, 3.8) is 0 Å². The van der Waals surface area contributed by atoms with Crippen molar-refractivity contribution in [2.45, 2.75) is 63.4 Å². The van der Waals surface area contributed by atoms with Gasteiger partial charge in [-0.05, 0) is 39.5 Å². The van der Waals surface area contributed by atoms with E-state index in [-0.39, 0.29) is 17.0 Å². The Morgan fingerprint density at radius 2 is 1.95 bits per heavy atom. The number of hydrogen-bond acceptors (Lipinski definition) is 4. The highest BCUT2D eigenvalue weighted by Crippen LogP contribution is 2.37. The molecule has 3 N–H and O–H groups in total. The molecule has 0 amide bonds. The summed E-state index contributed by atoms with van der Waals surface area (Å²) in [5.74, 6) is 0.996. The van der Waals surface area contributed by atoms with E-state index in [9.17, 15) is 8.42 Å². The molecule has 108 valence electrons. The molecule has 0 radical (unpaired) electrons. The van der Waals surface area contributed by atoms with Gasteiger partial charge >= 0.3 is 0 Å². The van der Waals surface area contributed by atoms with Gasteiger partial charge in [0.2, 0.25) is 10.0 Å². The van der Waals surface area contributed by atoms with Crippen molar-refractivity contribution in [3.05, 3.63) is 17.1 Å². The number of furan rings is 1. The predicted octanol–water partition coefficient (Wildman–Crippen LogP) is 1.97. The van der Waals surface area contributed by atoms with Gasteiger partial charge < -0.3 is 10.2 Å². The molecule has 19 heavy (non-hydrogen) atoms. The maximum atomic E-state index is 12.6. The number of nitrogens with one attached hydrogen (secondary N) is 1. The van der Waals surface area contributed by atoms with E-state index in [1.165, 1.54) is 0 Å². The normalized spacial score (nSPS) is 18.3. The first-order valence-electron chi connectivity index (χ1n) is 6.68. The summed E-state index contributed by atoms with van der Waals surface area (Å²) in [6.45, 7) is 5.59. The van der Waals surface area contributed by atoms with Crippen molar-refractivity contribution in [1.29, 1.82) is 0 Å². The quantitative estimate of drug-likeness (QED) is 0.866. The molecule has 0 aromatic carbocycles. The first-order valence-corrected chi connectivity index (χ1v) is 8.16. The largest absolute Gasteiger partial charge is 0.465 e. The van der Waals surface area contributed by atoms with E-state index < -0.39 is 10.0 Å². The Morgan fingerprint density at radius 1 is 1.32 bits per heavy atom. The van der Waals surface area contributed by atoms with Crippen LogP contribution >= 0.6 is 0 Å². The fourth-order valence-electron chi connectivity index (χ4n) is 2.77. The molecule has 6 heteroatoms. The van der Waals surface area contributed by atoms with Crippen molar-refractivity contribution >= 4 is 10.0 Å². The first kappa shape index (κ1) is 14.6. The van der Waals surface area contributed by atoms with E-state index in [0.717, 1.165) is 25.7 Å². The molecule has 1 aliphatic rings. The van der Waals surface area contributed by atoms with Gasteiger partial charge in [-0.2, -0.15) is 0 Å². The monoisotopic (exact) mass is 286 g/mol. The molecule has 0 saturated heterocycles. The Morgan fingerprint density at radius 3 is 2.37 bits per heavy atom. The van der Waals surface area contributed by atoms with Crippen LogP contribution in [0, 0.1) is 13.8 Å². The zero-order valence-corrected chi connectivity index (χ0v) is 12.6. The molecule has 1 fully saturated rings. The highest BCUT2D eigenvalue weighted by molar-refractivity contribution is 7.89. The highest BCUT2D eigenvalue weighted by Gasteiger charge is 2.40. The lowest BCUT2D eigenvalue weighted by molar-refractivity contribution is 0.213. The van der Waals surface area contributed by atoms with Crippen LogP contribution in [0.1, 0.15) is 49.7 Å². The van der Waals surface area contributed by atoms with Crippen LogP contribution in [0.15, 0.2) is 9.31 Å². The SMILES string of the molecule is CCC1(NS(=O)(=O)c2c(C)oc(C)c2CN)CCC1. The molecular formula is C13H22N2O3S. The minimum absolute atomic E-state index is 0.165. The minimum Gasteiger partial charge on any atom is -0.465 e. The van der Waals surface area contributed by atoms with Crippen LogP contribution in [0.4, 0.5) is 0 Å². The molecule has 1 saturated carbocycles. The van der Waals surface area contributed by atoms with E-state index in [4.69, 9.17) is 10.2 Å². The van der Waals surface area contributed by atoms with Crippen LogP contribution in [0.3, 0.4) is 0 Å². The smallest absolute Gasteiger partial charge is 0.244 e. The molecule has 2 rings (SSSR count). The van der Waals surface area contributed by atoms with Gasteiger partial charge in [-0.3, -0.25) is 0 Å². The lowest BCUT2D eigenvalue weighted by Crippen LogP contribution is -2.52. The molecule has 1 aromatic rings. The van der Waals surface area contributed by atoms with Crippen LogP contribution in [0.5, 0.6) is 0 Å². The fourth-order valence-corrected chi connectivity index (χ4v) is 4.76. The number of rotatable bonds is 5. The second-order valence-electron chi connectivity index (χ2n) is 5.32. The third-order valence-corrected chi connectivity index (χ3v) is 5.91. The molecule has 0 aliphatic heterocycles. The first-order chi connectivity index (χ1) is 8.85. The number of sulfonamides is 1. The summed E-state index contributed by atoms with van der Waals surface area (Å²) < 4.78 is 33.5. The molecule has 5 nitrogen and oxygen atoms in total. The summed E-state index contributed by atoms with van der Waals surface area (Å²) in [6.07, 6.45) is 3.68. The van der Waals surface area contributed by atoms with Crippen molar-refractivity contribution in [2.24, 2.45) is 5.73 Å². The molecule has 0 unspecified atom stereocenters. The van der Waals surface area contributed by atoms with Crippen molar-refractivity contribution in [3.8, 4) is 0 Å². The second-order valence-corrected chi connectivity index (χ2v) is 6.94. The van der Waals surface area contributed by atoms with E-state index in [0.29, 0.717) is 17.1 Å². The zero-order valence-electron chi connectivity index (χ0n) is 11.7. The maximum Gasteiger partial charge on any atom is 0.244 e. The van der Waals surface area contributed by atoms with Gasteiger partial charge in [0.15, 0.2) is 0 Å². The summed E-state index contributed by atoms with van der Waals surface area (Å²) in [5.41, 5.74) is 5.96. The standard InChI is InChI=1S/C13H22N2O3S/c1-4-13(6-5-7-13)15-19(16,17)12-10(3)18-9(2)11(12)8-14/h15H,4-8,14H2,1-3H3. The lowest BCUT2D eigenvalue weighted by atomic mass is 9.76. The van der Waals surface area contributed by atoms with Gasteiger partial charge in [-0.25, -0.2) is 13.1 Å². The van der Waals surface area contributed by atoms with Gasteiger partial charge in [0.05, 0.1) is 0 Å². The number of hydrogen-bond donors (Lipinski definition) is 2. The lowest BCUT2D eigenvalue weighted by Gasteiger charge is -2.41. The van der Waals surface area contributed by atoms with Gasteiger partial charge in [0.25, 0.3) is 0 Å². The molecule has 1 aromatic heterocycles. The average molecular weight is 286 g/mol. The molecule has 1 heterocycles. The van der Waals surface area contributed by atoms with E-state index in [2.05, 4.69) is 4.72 Å². The number of aryl methyl sites for hydroxylation is 2. The van der Waals surface area contributed by atoms with Crippen LogP contribution in [-0.4, -0.2) is 14.0 Å². The third-order valence-electron chi connectivity index (χ3n) is 4.14. The third kappa shape index (κ3) is 2.44.